The standard InChI is InChI=1S/4O.2U/q;;;;2*+2. The van der Waals surface area contributed by atoms with E-state index >= 15 is 0 Å². The molecule has 4 nitrogen and oxygen atoms in total. The minimum absolute atomic E-state index is 2.51. The molecule has 0 heterocycles. The topological polar surface area (TPSA) is 68.3 Å². The molecule has 0 radical (unpaired) electrons. The van der Waals surface area contributed by atoms with Crippen molar-refractivity contribution in [3.05, 3.63) is 0 Å². The van der Waals surface area contributed by atoms with Crippen molar-refractivity contribution in [2.45, 2.75) is 0 Å². The van der Waals surface area contributed by atoms with Crippen LogP contribution in [0.15, 0.2) is 0 Å². The monoisotopic (exact) mass is 540 g/mol. The van der Waals surface area contributed by atoms with Crippen molar-refractivity contribution >= 4 is 0 Å². The maximum absolute atomic E-state index is 8.58. The summed E-state index contributed by atoms with van der Waals surface area (Å²) in [6, 6.07) is 0. The van der Waals surface area contributed by atoms with Crippen molar-refractivity contribution in [2.24, 2.45) is 0 Å². The van der Waals surface area contributed by atoms with Crippen molar-refractivity contribution in [2.75, 3.05) is 0 Å². The Morgan fingerprint density at radius 2 is 0.667 bits per heavy atom. The van der Waals surface area contributed by atoms with Gasteiger partial charge in [-0.15, -0.1) is 0 Å². The molecule has 0 aromatic heterocycles. The molecular weight excluding hydrogens is 540 g/mol. The van der Waals surface area contributed by atoms with E-state index in [0.29, 0.717) is 0 Å². The first-order valence-electron chi connectivity index (χ1n) is 0.816. The van der Waals surface area contributed by atoms with Gasteiger partial charge in [-0.1, -0.05) is 0 Å². The number of hydrogen-bond donors (Lipinski definition) is 0. The summed E-state index contributed by atoms with van der Waals surface area (Å²) in [6.45, 7) is 0. The molecule has 0 aromatic carbocycles. The number of hydrogen-bond acceptors (Lipinski definition) is 4. The van der Waals surface area contributed by atoms with Crippen LogP contribution in [0.2, 0.25) is 0 Å². The van der Waals surface area contributed by atoms with Gasteiger partial charge in [0, 0.05) is 0 Å². The van der Waals surface area contributed by atoms with Crippen LogP contribution in [0.4, 0.5) is 0 Å². The molecule has 0 N–H and O–H groups in total. The Bertz CT molecular complexity index is 59.5. The third kappa shape index (κ3) is 57.8. The summed E-state index contributed by atoms with van der Waals surface area (Å²) >= 11 is -5.01. The average molecular weight is 540 g/mol. The average Bonchev–Trinajstić information content (AvgIpc) is 1.39. The van der Waals surface area contributed by atoms with Crippen molar-refractivity contribution in [3.8, 4) is 0 Å². The first-order valence-corrected chi connectivity index (χ1v) is 7.62. The zero-order valence-electron chi connectivity index (χ0n) is 2.63. The quantitative estimate of drug-likeness (QED) is 0.417. The van der Waals surface area contributed by atoms with Crippen LogP contribution in [0, 0.1) is 55.6 Å². The van der Waals surface area contributed by atoms with E-state index in [-0.39, 0.29) is 0 Å². The minimum atomic E-state index is -2.51. The zero-order valence-corrected chi connectivity index (χ0v) is 11.0. The van der Waals surface area contributed by atoms with E-state index in [1.807, 2.05) is 0 Å². The third-order valence-corrected chi connectivity index (χ3v) is 0. The van der Waals surface area contributed by atoms with Crippen molar-refractivity contribution in [1.82, 2.24) is 0 Å². The van der Waals surface area contributed by atoms with E-state index in [1.54, 1.807) is 0 Å². The van der Waals surface area contributed by atoms with E-state index in [1.165, 1.54) is 0 Å². The van der Waals surface area contributed by atoms with Gasteiger partial charge in [-0.25, -0.2) is 0 Å². The molecule has 0 aliphatic carbocycles. The van der Waals surface area contributed by atoms with Crippen LogP contribution in [0.1, 0.15) is 0 Å². The summed E-state index contributed by atoms with van der Waals surface area (Å²) in [5, 5.41) is 0. The first-order chi connectivity index (χ1) is 2.83. The molecule has 0 aliphatic rings. The summed E-state index contributed by atoms with van der Waals surface area (Å²) in [5.74, 6) is 0. The third-order valence-electron chi connectivity index (χ3n) is 0. The normalized spacial score (nSPS) is 2.67. The summed E-state index contributed by atoms with van der Waals surface area (Å²) in [5.41, 5.74) is 0. The van der Waals surface area contributed by atoms with Gasteiger partial charge in [0.1, 0.15) is 0 Å². The Morgan fingerprint density at radius 3 is 0.667 bits per heavy atom. The van der Waals surface area contributed by atoms with E-state index in [9.17, 15) is 0 Å². The molecule has 0 amide bonds. The second kappa shape index (κ2) is 16.2. The predicted molar refractivity (Wildman–Crippen MR) is 2.75 cm³/mol. The molecule has 0 aliphatic heterocycles. The second-order valence-electron chi connectivity index (χ2n) is 0.167. The van der Waals surface area contributed by atoms with Gasteiger partial charge in [0.15, 0.2) is 0 Å². The molecule has 6 heteroatoms. The van der Waals surface area contributed by atoms with Crippen molar-refractivity contribution in [3.63, 3.8) is 0 Å². The molecule has 0 bridgehead atoms. The maximum atomic E-state index is 8.58. The summed E-state index contributed by atoms with van der Waals surface area (Å²) < 4.78 is 34.3. The molecule has 0 unspecified atom stereocenters. The van der Waals surface area contributed by atoms with Crippen LogP contribution in [0.25, 0.3) is 0 Å². The Hall–Kier alpha value is 1.30. The molecule has 0 aromatic rings. The van der Waals surface area contributed by atoms with Crippen LogP contribution in [0.5, 0.6) is 0 Å². The molecule has 28 valence electrons. The van der Waals surface area contributed by atoms with Gasteiger partial charge in [0.05, 0.1) is 0 Å². The Labute approximate surface area is 63.5 Å². The first kappa shape index (κ1) is 10.3. The van der Waals surface area contributed by atoms with Gasteiger partial charge < -0.3 is 0 Å². The van der Waals surface area contributed by atoms with Crippen LogP contribution in [0.3, 0.4) is 0 Å². The van der Waals surface area contributed by atoms with Crippen molar-refractivity contribution < 1.29 is 64.6 Å². The van der Waals surface area contributed by atoms with E-state index in [0.717, 1.165) is 0 Å². The van der Waals surface area contributed by atoms with E-state index in [2.05, 4.69) is 0 Å². The van der Waals surface area contributed by atoms with Crippen molar-refractivity contribution in [1.29, 1.82) is 0 Å². The molecule has 0 atom stereocenters. The molecule has 0 fully saturated rings. The molecule has 0 saturated heterocycles. The van der Waals surface area contributed by atoms with Gasteiger partial charge in [-0.3, -0.25) is 0 Å². The van der Waals surface area contributed by atoms with Crippen LogP contribution in [-0.4, -0.2) is 0 Å². The molecule has 0 saturated carbocycles. The Balaban J connectivity index is 0. The van der Waals surface area contributed by atoms with Crippen LogP contribution >= 0.6 is 0 Å². The van der Waals surface area contributed by atoms with Crippen LogP contribution in [-0.2, 0) is 8.94 Å². The molecular formula is O4U2+4. The molecule has 0 rings (SSSR count). The summed E-state index contributed by atoms with van der Waals surface area (Å²) in [4.78, 5) is 0. The zero-order chi connectivity index (χ0) is 5.41. The fraction of sp³-hybridized carbons (Fsp3) is 0. The fourth-order valence-electron chi connectivity index (χ4n) is 0. The van der Waals surface area contributed by atoms with Gasteiger partial charge >= 0.3 is 64.6 Å². The van der Waals surface area contributed by atoms with Crippen LogP contribution < -0.4 is 0 Å². The van der Waals surface area contributed by atoms with Gasteiger partial charge in [-0.2, -0.15) is 0 Å². The number of rotatable bonds is 0. The SMILES string of the molecule is [O]=[U+2]=[O].[O]=[U+2]=[O]. The van der Waals surface area contributed by atoms with Gasteiger partial charge in [0.25, 0.3) is 0 Å². The molecule has 6 heavy (non-hydrogen) atoms. The summed E-state index contributed by atoms with van der Waals surface area (Å²) in [7, 11) is 0. The predicted octanol–water partition coefficient (Wildman–Crippen LogP) is -0.475. The Kier molecular flexibility index (Phi) is 27.9. The Morgan fingerprint density at radius 1 is 0.667 bits per heavy atom. The summed E-state index contributed by atoms with van der Waals surface area (Å²) in [6.07, 6.45) is 0. The van der Waals surface area contributed by atoms with E-state index in [4.69, 9.17) is 8.94 Å². The fourth-order valence-corrected chi connectivity index (χ4v) is 0. The second-order valence-corrected chi connectivity index (χ2v) is 1.55. The van der Waals surface area contributed by atoms with E-state index < -0.39 is 55.6 Å². The van der Waals surface area contributed by atoms with Gasteiger partial charge in [-0.05, 0) is 0 Å². The van der Waals surface area contributed by atoms with Gasteiger partial charge in [0.2, 0.25) is 0 Å². The molecule has 0 spiro atoms.